The summed E-state index contributed by atoms with van der Waals surface area (Å²) >= 11 is 5.63. The SMILES string of the molecule is O=[N+]([O-])c1ccc(COC[C@@H](Cl)CO)cc1. The highest BCUT2D eigenvalue weighted by molar-refractivity contribution is 6.20. The van der Waals surface area contributed by atoms with Crippen LogP contribution >= 0.6 is 11.6 Å². The molecule has 0 fully saturated rings. The molecule has 0 saturated heterocycles. The molecule has 0 aliphatic carbocycles. The predicted molar refractivity (Wildman–Crippen MR) is 59.5 cm³/mol. The van der Waals surface area contributed by atoms with Crippen molar-refractivity contribution in [3.05, 3.63) is 39.9 Å². The van der Waals surface area contributed by atoms with Crippen LogP contribution in [0.2, 0.25) is 0 Å². The Morgan fingerprint density at radius 1 is 1.44 bits per heavy atom. The van der Waals surface area contributed by atoms with Crippen molar-refractivity contribution in [1.82, 2.24) is 0 Å². The molecule has 16 heavy (non-hydrogen) atoms. The van der Waals surface area contributed by atoms with Crippen LogP contribution < -0.4 is 0 Å². The van der Waals surface area contributed by atoms with E-state index in [9.17, 15) is 10.1 Å². The van der Waals surface area contributed by atoms with Crippen LogP contribution in [0.15, 0.2) is 24.3 Å². The summed E-state index contributed by atoms with van der Waals surface area (Å²) < 4.78 is 5.21. The van der Waals surface area contributed by atoms with Gasteiger partial charge in [-0.3, -0.25) is 10.1 Å². The molecule has 0 heterocycles. The van der Waals surface area contributed by atoms with Crippen molar-refractivity contribution in [3.8, 4) is 0 Å². The van der Waals surface area contributed by atoms with Crippen molar-refractivity contribution < 1.29 is 14.8 Å². The number of hydrogen-bond acceptors (Lipinski definition) is 4. The van der Waals surface area contributed by atoms with E-state index in [2.05, 4.69) is 0 Å². The first kappa shape index (κ1) is 12.9. The number of alkyl halides is 1. The molecule has 1 N–H and O–H groups in total. The minimum absolute atomic E-state index is 0.0503. The molecule has 0 aliphatic heterocycles. The summed E-state index contributed by atoms with van der Waals surface area (Å²) in [7, 11) is 0. The molecular weight excluding hydrogens is 234 g/mol. The number of ether oxygens (including phenoxy) is 1. The zero-order valence-electron chi connectivity index (χ0n) is 8.51. The molecule has 1 aromatic rings. The summed E-state index contributed by atoms with van der Waals surface area (Å²) in [5.74, 6) is 0. The van der Waals surface area contributed by atoms with E-state index in [1.165, 1.54) is 12.1 Å². The van der Waals surface area contributed by atoms with Crippen molar-refractivity contribution in [2.24, 2.45) is 0 Å². The number of benzene rings is 1. The molecule has 1 atom stereocenters. The highest BCUT2D eigenvalue weighted by atomic mass is 35.5. The Kier molecular flexibility index (Phi) is 5.18. The van der Waals surface area contributed by atoms with Gasteiger partial charge in [-0.2, -0.15) is 0 Å². The highest BCUT2D eigenvalue weighted by Crippen LogP contribution is 2.12. The largest absolute Gasteiger partial charge is 0.395 e. The molecule has 1 aromatic carbocycles. The number of nitrogens with zero attached hydrogens (tertiary/aromatic N) is 1. The number of nitro groups is 1. The molecule has 5 nitrogen and oxygen atoms in total. The minimum Gasteiger partial charge on any atom is -0.395 e. The van der Waals surface area contributed by atoms with E-state index < -0.39 is 10.3 Å². The van der Waals surface area contributed by atoms with Gasteiger partial charge in [0.05, 0.1) is 30.1 Å². The Morgan fingerprint density at radius 3 is 2.56 bits per heavy atom. The van der Waals surface area contributed by atoms with Gasteiger partial charge in [-0.05, 0) is 17.7 Å². The molecule has 0 amide bonds. The van der Waals surface area contributed by atoms with Gasteiger partial charge in [0.1, 0.15) is 0 Å². The molecule has 6 heteroatoms. The lowest BCUT2D eigenvalue weighted by molar-refractivity contribution is -0.384. The molecular formula is C10H12ClNO4. The zero-order valence-corrected chi connectivity index (χ0v) is 9.26. The van der Waals surface area contributed by atoms with Crippen LogP contribution in [0.4, 0.5) is 5.69 Å². The van der Waals surface area contributed by atoms with Crippen LogP contribution in [0.3, 0.4) is 0 Å². The molecule has 88 valence electrons. The molecule has 0 saturated carbocycles. The quantitative estimate of drug-likeness (QED) is 0.470. The van der Waals surface area contributed by atoms with Crippen LogP contribution in [0.25, 0.3) is 0 Å². The lowest BCUT2D eigenvalue weighted by Gasteiger charge is -2.07. The second kappa shape index (κ2) is 6.42. The third-order valence-corrected chi connectivity index (χ3v) is 2.18. The van der Waals surface area contributed by atoms with Gasteiger partial charge in [-0.25, -0.2) is 0 Å². The van der Waals surface area contributed by atoms with Gasteiger partial charge in [0.2, 0.25) is 0 Å². The number of aliphatic hydroxyl groups excluding tert-OH is 1. The van der Waals surface area contributed by atoms with Crippen molar-refractivity contribution in [2.75, 3.05) is 13.2 Å². The first-order chi connectivity index (χ1) is 7.63. The van der Waals surface area contributed by atoms with Crippen molar-refractivity contribution in [3.63, 3.8) is 0 Å². The molecule has 1 rings (SSSR count). The van der Waals surface area contributed by atoms with E-state index in [-0.39, 0.29) is 18.9 Å². The Hall–Kier alpha value is -1.17. The monoisotopic (exact) mass is 245 g/mol. The van der Waals surface area contributed by atoms with Gasteiger partial charge in [0.25, 0.3) is 5.69 Å². The van der Waals surface area contributed by atoms with Crippen LogP contribution in [0.5, 0.6) is 0 Å². The standard InChI is InChI=1S/C10H12ClNO4/c11-9(5-13)7-16-6-8-1-3-10(4-2-8)12(14)15/h1-4,9,13H,5-7H2/t9-/m0/s1. The number of aliphatic hydroxyl groups is 1. The molecule has 0 bridgehead atoms. The third kappa shape index (κ3) is 4.14. The third-order valence-electron chi connectivity index (χ3n) is 1.91. The number of rotatable bonds is 6. The lowest BCUT2D eigenvalue weighted by Crippen LogP contribution is -2.13. The fourth-order valence-electron chi connectivity index (χ4n) is 1.07. The topological polar surface area (TPSA) is 72.6 Å². The average Bonchev–Trinajstić information content (AvgIpc) is 2.29. The maximum atomic E-state index is 10.4. The van der Waals surface area contributed by atoms with Gasteiger partial charge in [-0.1, -0.05) is 0 Å². The van der Waals surface area contributed by atoms with Crippen molar-refractivity contribution >= 4 is 17.3 Å². The minimum atomic E-state index is -0.453. The van der Waals surface area contributed by atoms with E-state index in [1.54, 1.807) is 12.1 Å². The summed E-state index contributed by atoms with van der Waals surface area (Å²) in [5, 5.41) is 18.6. The van der Waals surface area contributed by atoms with Gasteiger partial charge >= 0.3 is 0 Å². The van der Waals surface area contributed by atoms with E-state index in [4.69, 9.17) is 21.4 Å². The van der Waals surface area contributed by atoms with Crippen molar-refractivity contribution in [2.45, 2.75) is 12.0 Å². The molecule has 0 spiro atoms. The Balaban J connectivity index is 2.40. The van der Waals surface area contributed by atoms with Gasteiger partial charge in [-0.15, -0.1) is 11.6 Å². The second-order valence-electron chi connectivity index (χ2n) is 3.22. The second-order valence-corrected chi connectivity index (χ2v) is 3.84. The summed E-state index contributed by atoms with van der Waals surface area (Å²) in [5.41, 5.74) is 0.877. The summed E-state index contributed by atoms with van der Waals surface area (Å²) in [6.45, 7) is 0.429. The Morgan fingerprint density at radius 2 is 2.06 bits per heavy atom. The van der Waals surface area contributed by atoms with Gasteiger partial charge < -0.3 is 9.84 Å². The molecule has 0 unspecified atom stereocenters. The molecule has 0 radical (unpaired) electrons. The van der Waals surface area contributed by atoms with Crippen LogP contribution in [-0.4, -0.2) is 28.6 Å². The number of halogens is 1. The Bertz CT molecular complexity index is 341. The van der Waals surface area contributed by atoms with Crippen molar-refractivity contribution in [1.29, 1.82) is 0 Å². The molecule has 0 aromatic heterocycles. The van der Waals surface area contributed by atoms with E-state index >= 15 is 0 Å². The van der Waals surface area contributed by atoms with Crippen LogP contribution in [0.1, 0.15) is 5.56 Å². The zero-order chi connectivity index (χ0) is 12.0. The maximum absolute atomic E-state index is 10.4. The van der Waals surface area contributed by atoms with Gasteiger partial charge in [0.15, 0.2) is 0 Å². The fourth-order valence-corrected chi connectivity index (χ4v) is 1.16. The van der Waals surface area contributed by atoms with Gasteiger partial charge in [0, 0.05) is 12.1 Å². The van der Waals surface area contributed by atoms with Crippen LogP contribution in [-0.2, 0) is 11.3 Å². The van der Waals surface area contributed by atoms with E-state index in [1.807, 2.05) is 0 Å². The van der Waals surface area contributed by atoms with Crippen LogP contribution in [0, 0.1) is 10.1 Å². The molecule has 0 aliphatic rings. The normalized spacial score (nSPS) is 12.4. The highest BCUT2D eigenvalue weighted by Gasteiger charge is 2.05. The summed E-state index contributed by atoms with van der Waals surface area (Å²) in [6.07, 6.45) is 0. The summed E-state index contributed by atoms with van der Waals surface area (Å²) in [6, 6.07) is 6.09. The first-order valence-electron chi connectivity index (χ1n) is 4.69. The number of hydrogen-bond donors (Lipinski definition) is 1. The smallest absolute Gasteiger partial charge is 0.269 e. The van der Waals surface area contributed by atoms with E-state index in [0.29, 0.717) is 6.61 Å². The number of nitro benzene ring substituents is 1. The average molecular weight is 246 g/mol. The maximum Gasteiger partial charge on any atom is 0.269 e. The number of non-ortho nitro benzene ring substituents is 1. The Labute approximate surface area is 97.8 Å². The van der Waals surface area contributed by atoms with E-state index in [0.717, 1.165) is 5.56 Å². The summed E-state index contributed by atoms with van der Waals surface area (Å²) in [4.78, 5) is 9.93. The first-order valence-corrected chi connectivity index (χ1v) is 5.13. The predicted octanol–water partition coefficient (Wildman–Crippen LogP) is 1.71. The fraction of sp³-hybridized carbons (Fsp3) is 0.400. The lowest BCUT2D eigenvalue weighted by atomic mass is 10.2.